The van der Waals surface area contributed by atoms with Gasteiger partial charge in [0.2, 0.25) is 10.0 Å². The molecule has 3 rings (SSSR count). The van der Waals surface area contributed by atoms with E-state index >= 15 is 0 Å². The van der Waals surface area contributed by atoms with E-state index < -0.39 is 16.1 Å². The monoisotopic (exact) mass is 355 g/mol. The van der Waals surface area contributed by atoms with E-state index in [9.17, 15) is 13.5 Å². The molecule has 8 heteroatoms. The summed E-state index contributed by atoms with van der Waals surface area (Å²) in [6.07, 6.45) is 4.23. The second-order valence-corrected chi connectivity index (χ2v) is 8.04. The molecule has 0 aliphatic heterocycles. The van der Waals surface area contributed by atoms with E-state index in [2.05, 4.69) is 9.82 Å². The maximum atomic E-state index is 12.6. The molecule has 0 unspecified atom stereocenters. The van der Waals surface area contributed by atoms with E-state index in [1.807, 2.05) is 0 Å². The number of nitrogens with zero attached hydrogens (tertiary/aromatic N) is 2. The molecule has 1 aromatic heterocycles. The molecule has 0 amide bonds. The van der Waals surface area contributed by atoms with Crippen molar-refractivity contribution in [3.05, 3.63) is 47.2 Å². The molecule has 0 spiro atoms. The van der Waals surface area contributed by atoms with Crippen LogP contribution in [0.5, 0.6) is 0 Å². The summed E-state index contributed by atoms with van der Waals surface area (Å²) in [6.45, 7) is 0. The van der Waals surface area contributed by atoms with Crippen molar-refractivity contribution in [2.24, 2.45) is 13.0 Å². The maximum absolute atomic E-state index is 12.6. The molecule has 1 aliphatic rings. The van der Waals surface area contributed by atoms with Crippen LogP contribution in [0.1, 0.15) is 24.4 Å². The molecule has 2 aromatic rings. The third-order valence-electron chi connectivity index (χ3n) is 4.11. The molecule has 1 fully saturated rings. The predicted octanol–water partition coefficient (Wildman–Crippen LogP) is 1.86. The van der Waals surface area contributed by atoms with Crippen molar-refractivity contribution < 1.29 is 13.5 Å². The highest BCUT2D eigenvalue weighted by Gasteiger charge is 2.37. The van der Waals surface area contributed by atoms with Crippen LogP contribution in [0.25, 0.3) is 0 Å². The lowest BCUT2D eigenvalue weighted by Crippen LogP contribution is -2.41. The van der Waals surface area contributed by atoms with Gasteiger partial charge < -0.3 is 5.11 Å². The molecular formula is C15H18ClN3O3S. The van der Waals surface area contributed by atoms with Gasteiger partial charge >= 0.3 is 0 Å². The Labute approximate surface area is 140 Å². The van der Waals surface area contributed by atoms with Crippen LogP contribution >= 0.6 is 11.6 Å². The van der Waals surface area contributed by atoms with Gasteiger partial charge in [-0.3, -0.25) is 4.68 Å². The smallest absolute Gasteiger partial charge is 0.241 e. The Morgan fingerprint density at radius 1 is 1.35 bits per heavy atom. The fraction of sp³-hybridized carbons (Fsp3) is 0.400. The Morgan fingerprint density at radius 3 is 2.52 bits per heavy atom. The zero-order valence-corrected chi connectivity index (χ0v) is 14.1. The molecule has 1 heterocycles. The standard InChI is InChI=1S/C15H18ClN3O3S/c1-19-9-11(8-17-19)15(10-6-13(20)7-10)18-23(21,22)14-4-2-12(16)3-5-14/h2-5,8-10,13,15,18,20H,6-7H2,1H3/t10?,13?,15-/m0/s1. The summed E-state index contributed by atoms with van der Waals surface area (Å²) in [4.78, 5) is 0.163. The van der Waals surface area contributed by atoms with Crippen LogP contribution in [-0.2, 0) is 17.1 Å². The van der Waals surface area contributed by atoms with E-state index in [1.165, 1.54) is 12.1 Å². The number of aryl methyl sites for hydroxylation is 1. The molecule has 6 nitrogen and oxygen atoms in total. The van der Waals surface area contributed by atoms with Crippen LogP contribution in [0.4, 0.5) is 0 Å². The Morgan fingerprint density at radius 2 is 2.00 bits per heavy atom. The number of halogens is 1. The highest BCUT2D eigenvalue weighted by Crippen LogP contribution is 2.38. The molecule has 1 aromatic carbocycles. The van der Waals surface area contributed by atoms with Gasteiger partial charge in [-0.15, -0.1) is 0 Å². The van der Waals surface area contributed by atoms with Crippen molar-refractivity contribution in [3.63, 3.8) is 0 Å². The summed E-state index contributed by atoms with van der Waals surface area (Å²) in [5.41, 5.74) is 0.793. The van der Waals surface area contributed by atoms with Gasteiger partial charge in [0, 0.05) is 23.8 Å². The number of rotatable bonds is 5. The third kappa shape index (κ3) is 3.58. The summed E-state index contributed by atoms with van der Waals surface area (Å²) >= 11 is 5.81. The van der Waals surface area contributed by atoms with E-state index in [0.29, 0.717) is 17.9 Å². The molecular weight excluding hydrogens is 338 g/mol. The molecule has 23 heavy (non-hydrogen) atoms. The number of sulfonamides is 1. The van der Waals surface area contributed by atoms with Gasteiger partial charge in [-0.1, -0.05) is 11.6 Å². The van der Waals surface area contributed by atoms with Crippen LogP contribution in [0.15, 0.2) is 41.6 Å². The highest BCUT2D eigenvalue weighted by atomic mass is 35.5. The van der Waals surface area contributed by atoms with Gasteiger partial charge in [0.05, 0.1) is 23.2 Å². The zero-order chi connectivity index (χ0) is 16.6. The predicted molar refractivity (Wildman–Crippen MR) is 86.5 cm³/mol. The van der Waals surface area contributed by atoms with E-state index in [4.69, 9.17) is 11.6 Å². The van der Waals surface area contributed by atoms with Crippen molar-refractivity contribution >= 4 is 21.6 Å². The fourth-order valence-corrected chi connectivity index (χ4v) is 4.21. The first-order valence-electron chi connectivity index (χ1n) is 7.29. The van der Waals surface area contributed by atoms with Gasteiger partial charge in [0.1, 0.15) is 0 Å². The molecule has 1 aliphatic carbocycles. The number of aromatic nitrogens is 2. The Bertz CT molecular complexity index is 783. The van der Waals surface area contributed by atoms with E-state index in [-0.39, 0.29) is 16.9 Å². The number of benzene rings is 1. The summed E-state index contributed by atoms with van der Waals surface area (Å²) in [5.74, 6) is 0.0521. The number of aliphatic hydroxyl groups is 1. The minimum Gasteiger partial charge on any atom is -0.393 e. The van der Waals surface area contributed by atoms with Gasteiger partial charge in [0.15, 0.2) is 0 Å². The zero-order valence-electron chi connectivity index (χ0n) is 12.6. The Kier molecular flexibility index (Phi) is 4.46. The SMILES string of the molecule is Cn1cc([C@@H](NS(=O)(=O)c2ccc(Cl)cc2)C2CC(O)C2)cn1. The maximum Gasteiger partial charge on any atom is 0.241 e. The quantitative estimate of drug-likeness (QED) is 0.857. The van der Waals surface area contributed by atoms with Crippen LogP contribution in [0.3, 0.4) is 0 Å². The van der Waals surface area contributed by atoms with E-state index in [0.717, 1.165) is 5.56 Å². The lowest BCUT2D eigenvalue weighted by molar-refractivity contribution is 0.0280. The van der Waals surface area contributed by atoms with Crippen LogP contribution in [0.2, 0.25) is 5.02 Å². The van der Waals surface area contributed by atoms with Crippen LogP contribution in [0, 0.1) is 5.92 Å². The molecule has 0 saturated heterocycles. The summed E-state index contributed by atoms with van der Waals surface area (Å²) in [6, 6.07) is 5.62. The summed E-state index contributed by atoms with van der Waals surface area (Å²) < 4.78 is 29.6. The van der Waals surface area contributed by atoms with Crippen molar-refractivity contribution in [3.8, 4) is 0 Å². The van der Waals surface area contributed by atoms with Gasteiger partial charge in [-0.2, -0.15) is 5.10 Å². The van der Waals surface area contributed by atoms with E-state index in [1.54, 1.807) is 36.3 Å². The topological polar surface area (TPSA) is 84.2 Å². The van der Waals surface area contributed by atoms with Crippen molar-refractivity contribution in [1.29, 1.82) is 0 Å². The summed E-state index contributed by atoms with van der Waals surface area (Å²) in [7, 11) is -1.90. The average Bonchev–Trinajstić information content (AvgIpc) is 2.89. The lowest BCUT2D eigenvalue weighted by Gasteiger charge is -2.37. The van der Waals surface area contributed by atoms with Crippen molar-refractivity contribution in [1.82, 2.24) is 14.5 Å². The Balaban J connectivity index is 1.87. The Hall–Kier alpha value is -1.41. The van der Waals surface area contributed by atoms with Gasteiger partial charge in [-0.25, -0.2) is 13.1 Å². The fourth-order valence-electron chi connectivity index (χ4n) is 2.79. The molecule has 0 bridgehead atoms. The second kappa shape index (κ2) is 6.24. The van der Waals surface area contributed by atoms with Crippen molar-refractivity contribution in [2.45, 2.75) is 29.9 Å². The van der Waals surface area contributed by atoms with Crippen LogP contribution in [-0.4, -0.2) is 29.4 Å². The minimum atomic E-state index is -3.68. The largest absolute Gasteiger partial charge is 0.393 e. The molecule has 124 valence electrons. The molecule has 2 N–H and O–H groups in total. The third-order valence-corrected chi connectivity index (χ3v) is 5.82. The average molecular weight is 356 g/mol. The van der Waals surface area contributed by atoms with Gasteiger partial charge in [-0.05, 0) is 43.0 Å². The number of aliphatic hydroxyl groups excluding tert-OH is 1. The minimum absolute atomic E-state index is 0.0521. The first-order chi connectivity index (χ1) is 10.8. The van der Waals surface area contributed by atoms with Gasteiger partial charge in [0.25, 0.3) is 0 Å². The first kappa shape index (κ1) is 16.4. The second-order valence-electron chi connectivity index (χ2n) is 5.89. The number of hydrogen-bond acceptors (Lipinski definition) is 4. The molecule has 0 radical (unpaired) electrons. The number of hydrogen-bond donors (Lipinski definition) is 2. The lowest BCUT2D eigenvalue weighted by atomic mass is 9.76. The van der Waals surface area contributed by atoms with Crippen LogP contribution < -0.4 is 4.72 Å². The van der Waals surface area contributed by atoms with Crippen molar-refractivity contribution in [2.75, 3.05) is 0 Å². The number of nitrogens with one attached hydrogen (secondary N) is 1. The molecule has 1 saturated carbocycles. The highest BCUT2D eigenvalue weighted by molar-refractivity contribution is 7.89. The normalized spacial score (nSPS) is 22.6. The molecule has 1 atom stereocenters. The first-order valence-corrected chi connectivity index (χ1v) is 9.16. The summed E-state index contributed by atoms with van der Waals surface area (Å²) in [5, 5.41) is 14.1.